The zero-order chi connectivity index (χ0) is 13.2. The summed E-state index contributed by atoms with van der Waals surface area (Å²) >= 11 is 0. The van der Waals surface area contributed by atoms with Crippen molar-refractivity contribution in [1.82, 2.24) is 30.0 Å². The lowest BCUT2D eigenvalue weighted by Crippen LogP contribution is -2.35. The average molecular weight is 259 g/mol. The Labute approximate surface area is 111 Å². The van der Waals surface area contributed by atoms with E-state index < -0.39 is 0 Å². The quantitative estimate of drug-likeness (QED) is 0.844. The fraction of sp³-hybridized carbons (Fsp3) is 0.500. The summed E-state index contributed by atoms with van der Waals surface area (Å²) in [6.07, 6.45) is 3.67. The number of fused-ring (bicyclic) bond motifs is 1. The van der Waals surface area contributed by atoms with Gasteiger partial charge in [-0.2, -0.15) is 0 Å². The van der Waals surface area contributed by atoms with Crippen LogP contribution in [0.25, 0.3) is 0 Å². The summed E-state index contributed by atoms with van der Waals surface area (Å²) in [4.78, 5) is 11.2. The van der Waals surface area contributed by atoms with Crippen LogP contribution in [-0.4, -0.2) is 38.3 Å². The summed E-state index contributed by atoms with van der Waals surface area (Å²) in [6, 6.07) is 0. The van der Waals surface area contributed by atoms with E-state index in [0.29, 0.717) is 6.54 Å². The van der Waals surface area contributed by atoms with E-state index >= 15 is 0 Å². The summed E-state index contributed by atoms with van der Waals surface area (Å²) in [5.74, 6) is 1.73. The van der Waals surface area contributed by atoms with Gasteiger partial charge in [0, 0.05) is 37.1 Å². The van der Waals surface area contributed by atoms with E-state index in [1.54, 1.807) is 6.33 Å². The van der Waals surface area contributed by atoms with Crippen LogP contribution in [0.15, 0.2) is 12.5 Å². The van der Waals surface area contributed by atoms with Crippen molar-refractivity contribution in [2.45, 2.75) is 26.6 Å². The molecule has 0 bridgehead atoms. The van der Waals surface area contributed by atoms with Gasteiger partial charge < -0.3 is 14.8 Å². The van der Waals surface area contributed by atoms with Crippen molar-refractivity contribution >= 4 is 5.95 Å². The van der Waals surface area contributed by atoms with E-state index in [2.05, 4.69) is 34.9 Å². The lowest BCUT2D eigenvalue weighted by Gasteiger charge is -2.27. The summed E-state index contributed by atoms with van der Waals surface area (Å²) in [7, 11) is 1.92. The lowest BCUT2D eigenvalue weighted by atomic mass is 10.2. The molecular weight excluding hydrogens is 242 g/mol. The second kappa shape index (κ2) is 4.93. The Hall–Kier alpha value is -2.02. The normalized spacial score (nSPS) is 14.5. The Kier molecular flexibility index (Phi) is 3.12. The van der Waals surface area contributed by atoms with E-state index in [9.17, 15) is 0 Å². The Balaban J connectivity index is 1.82. The molecule has 3 heterocycles. The number of hydrogen-bond donors (Lipinski definition) is 1. The number of aryl methyl sites for hydroxylation is 1. The highest BCUT2D eigenvalue weighted by Gasteiger charge is 2.19. The van der Waals surface area contributed by atoms with Crippen molar-refractivity contribution in [1.29, 1.82) is 0 Å². The molecular formula is C12H17N7. The molecule has 0 saturated carbocycles. The highest BCUT2D eigenvalue weighted by atomic mass is 15.4. The van der Waals surface area contributed by atoms with Crippen molar-refractivity contribution in [3.05, 3.63) is 29.6 Å². The number of nitrogens with zero attached hydrogens (tertiary/aromatic N) is 6. The van der Waals surface area contributed by atoms with E-state index in [4.69, 9.17) is 0 Å². The number of hydrogen-bond acceptors (Lipinski definition) is 6. The van der Waals surface area contributed by atoms with Crippen molar-refractivity contribution in [3.8, 4) is 0 Å². The molecule has 1 aliphatic rings. The predicted molar refractivity (Wildman–Crippen MR) is 70.6 cm³/mol. The van der Waals surface area contributed by atoms with Gasteiger partial charge in [-0.15, -0.1) is 10.2 Å². The SMILES string of the molecule is CNCc1cnc(N2CCn3cnnc3C2)nc1C. The zero-order valence-electron chi connectivity index (χ0n) is 11.2. The summed E-state index contributed by atoms with van der Waals surface area (Å²) in [5, 5.41) is 11.2. The van der Waals surface area contributed by atoms with Crippen LogP contribution in [0.3, 0.4) is 0 Å². The molecule has 19 heavy (non-hydrogen) atoms. The van der Waals surface area contributed by atoms with Crippen LogP contribution < -0.4 is 10.2 Å². The van der Waals surface area contributed by atoms with E-state index in [-0.39, 0.29) is 0 Å². The largest absolute Gasteiger partial charge is 0.331 e. The Bertz CT molecular complexity index is 577. The number of anilines is 1. The van der Waals surface area contributed by atoms with Gasteiger partial charge in [-0.1, -0.05) is 0 Å². The van der Waals surface area contributed by atoms with Gasteiger partial charge in [0.2, 0.25) is 5.95 Å². The maximum Gasteiger partial charge on any atom is 0.225 e. The molecule has 3 rings (SSSR count). The van der Waals surface area contributed by atoms with E-state index in [1.807, 2.05) is 20.2 Å². The van der Waals surface area contributed by atoms with Crippen LogP contribution in [0.4, 0.5) is 5.95 Å². The molecule has 0 fully saturated rings. The first-order valence-electron chi connectivity index (χ1n) is 6.36. The van der Waals surface area contributed by atoms with Gasteiger partial charge in [0.25, 0.3) is 0 Å². The predicted octanol–water partition coefficient (Wildman–Crippen LogP) is 0.116. The summed E-state index contributed by atoms with van der Waals surface area (Å²) in [5.41, 5.74) is 2.15. The minimum absolute atomic E-state index is 0.713. The molecule has 2 aromatic heterocycles. The fourth-order valence-corrected chi connectivity index (χ4v) is 2.23. The molecule has 0 atom stereocenters. The number of rotatable bonds is 3. The topological polar surface area (TPSA) is 71.8 Å². The van der Waals surface area contributed by atoms with Crippen LogP contribution in [0, 0.1) is 6.92 Å². The van der Waals surface area contributed by atoms with Gasteiger partial charge in [0.05, 0.1) is 6.54 Å². The molecule has 0 saturated heterocycles. The molecule has 0 spiro atoms. The number of aromatic nitrogens is 5. The van der Waals surface area contributed by atoms with Gasteiger partial charge in [0.15, 0.2) is 5.82 Å². The Morgan fingerprint density at radius 1 is 1.37 bits per heavy atom. The third-order valence-corrected chi connectivity index (χ3v) is 3.36. The molecule has 1 aliphatic heterocycles. The monoisotopic (exact) mass is 259 g/mol. The van der Waals surface area contributed by atoms with Crippen LogP contribution >= 0.6 is 0 Å². The van der Waals surface area contributed by atoms with Crippen molar-refractivity contribution in [3.63, 3.8) is 0 Å². The highest BCUT2D eigenvalue weighted by molar-refractivity contribution is 5.34. The third kappa shape index (κ3) is 2.28. The van der Waals surface area contributed by atoms with Crippen molar-refractivity contribution in [2.75, 3.05) is 18.5 Å². The second-order valence-electron chi connectivity index (χ2n) is 4.67. The van der Waals surface area contributed by atoms with Crippen LogP contribution in [0.1, 0.15) is 17.1 Å². The van der Waals surface area contributed by atoms with E-state index in [1.165, 1.54) is 0 Å². The summed E-state index contributed by atoms with van der Waals surface area (Å²) in [6.45, 7) is 5.29. The van der Waals surface area contributed by atoms with Gasteiger partial charge in [-0.25, -0.2) is 9.97 Å². The fourth-order valence-electron chi connectivity index (χ4n) is 2.23. The summed E-state index contributed by atoms with van der Waals surface area (Å²) < 4.78 is 2.07. The van der Waals surface area contributed by atoms with Crippen molar-refractivity contribution < 1.29 is 0 Å². The highest BCUT2D eigenvalue weighted by Crippen LogP contribution is 2.16. The van der Waals surface area contributed by atoms with Gasteiger partial charge in [0.1, 0.15) is 6.33 Å². The van der Waals surface area contributed by atoms with Gasteiger partial charge in [-0.3, -0.25) is 0 Å². The molecule has 0 amide bonds. The second-order valence-corrected chi connectivity index (χ2v) is 4.67. The van der Waals surface area contributed by atoms with Crippen molar-refractivity contribution in [2.24, 2.45) is 0 Å². The Morgan fingerprint density at radius 3 is 3.05 bits per heavy atom. The smallest absolute Gasteiger partial charge is 0.225 e. The number of nitrogens with one attached hydrogen (secondary N) is 1. The molecule has 0 radical (unpaired) electrons. The van der Waals surface area contributed by atoms with Gasteiger partial charge in [-0.05, 0) is 14.0 Å². The molecule has 7 heteroatoms. The first kappa shape index (κ1) is 12.0. The molecule has 2 aromatic rings. The van der Waals surface area contributed by atoms with Crippen LogP contribution in [0.5, 0.6) is 0 Å². The third-order valence-electron chi connectivity index (χ3n) is 3.36. The molecule has 0 aromatic carbocycles. The van der Waals surface area contributed by atoms with Crippen LogP contribution in [0.2, 0.25) is 0 Å². The lowest BCUT2D eigenvalue weighted by molar-refractivity contribution is 0.550. The van der Waals surface area contributed by atoms with E-state index in [0.717, 1.165) is 42.7 Å². The molecule has 1 N–H and O–H groups in total. The zero-order valence-corrected chi connectivity index (χ0v) is 11.2. The molecule has 7 nitrogen and oxygen atoms in total. The van der Waals surface area contributed by atoms with Crippen LogP contribution in [-0.2, 0) is 19.6 Å². The molecule has 0 aliphatic carbocycles. The first-order valence-corrected chi connectivity index (χ1v) is 6.36. The minimum atomic E-state index is 0.713. The molecule has 100 valence electrons. The standard InChI is InChI=1S/C12H17N7/c1-9-10(5-13-2)6-14-12(16-9)18-3-4-19-8-15-17-11(19)7-18/h6,8,13H,3-5,7H2,1-2H3. The maximum absolute atomic E-state index is 4.59. The maximum atomic E-state index is 4.59. The molecule has 0 unspecified atom stereocenters. The average Bonchev–Trinajstić information content (AvgIpc) is 2.88. The first-order chi connectivity index (χ1) is 9.28. The van der Waals surface area contributed by atoms with Gasteiger partial charge >= 0.3 is 0 Å². The Morgan fingerprint density at radius 2 is 2.26 bits per heavy atom. The minimum Gasteiger partial charge on any atom is -0.331 e.